The third-order valence-corrected chi connectivity index (χ3v) is 4.97. The molecular weight excluding hydrogens is 409 g/mol. The van der Waals surface area contributed by atoms with Gasteiger partial charge >= 0.3 is 6.03 Å². The van der Waals surface area contributed by atoms with E-state index in [9.17, 15) is 14.4 Å². The maximum atomic E-state index is 12.3. The molecule has 2 heterocycles. The number of imide groups is 1. The van der Waals surface area contributed by atoms with Crippen LogP contribution in [0.1, 0.15) is 24.8 Å². The first-order valence-corrected chi connectivity index (χ1v) is 8.73. The van der Waals surface area contributed by atoms with Crippen LogP contribution >= 0.6 is 22.6 Å². The smallest absolute Gasteiger partial charge is 0.324 e. The Morgan fingerprint density at radius 2 is 2.13 bits per heavy atom. The van der Waals surface area contributed by atoms with Gasteiger partial charge in [0.2, 0.25) is 5.91 Å². The number of piperidine rings is 1. The molecule has 1 N–H and O–H groups in total. The first-order valence-electron chi connectivity index (χ1n) is 7.65. The zero-order valence-corrected chi connectivity index (χ0v) is 15.0. The van der Waals surface area contributed by atoms with Gasteiger partial charge < -0.3 is 10.2 Å². The summed E-state index contributed by atoms with van der Waals surface area (Å²) in [6.07, 6.45) is 2.55. The van der Waals surface area contributed by atoms with Gasteiger partial charge in [0.1, 0.15) is 12.6 Å². The molecule has 0 aliphatic carbocycles. The Morgan fingerprint density at radius 1 is 1.35 bits per heavy atom. The van der Waals surface area contributed by atoms with Crippen LogP contribution in [0.2, 0.25) is 0 Å². The molecule has 0 aromatic heterocycles. The van der Waals surface area contributed by atoms with Crippen LogP contribution in [0.15, 0.2) is 18.2 Å². The average molecular weight is 427 g/mol. The number of aryl methyl sites for hydroxylation is 1. The second-order valence-corrected chi connectivity index (χ2v) is 7.16. The number of nitrogens with one attached hydrogen (secondary N) is 1. The number of urea groups is 1. The molecule has 1 atom stereocenters. The number of benzene rings is 1. The third kappa shape index (κ3) is 3.19. The quantitative estimate of drug-likeness (QED) is 0.595. The van der Waals surface area contributed by atoms with Crippen molar-refractivity contribution in [3.05, 3.63) is 27.3 Å². The first-order chi connectivity index (χ1) is 11.0. The van der Waals surface area contributed by atoms with Crippen LogP contribution in [0.3, 0.4) is 0 Å². The molecule has 0 bridgehead atoms. The zero-order chi connectivity index (χ0) is 16.6. The van der Waals surface area contributed by atoms with Gasteiger partial charge in [-0.05, 0) is 72.5 Å². The number of anilines is 1. The van der Waals surface area contributed by atoms with Gasteiger partial charge in [-0.3, -0.25) is 14.5 Å². The van der Waals surface area contributed by atoms with E-state index in [2.05, 4.69) is 27.9 Å². The number of amides is 4. The normalized spacial score (nSPS) is 20.7. The molecule has 2 aliphatic heterocycles. The van der Waals surface area contributed by atoms with Crippen molar-refractivity contribution in [1.29, 1.82) is 0 Å². The molecule has 122 valence electrons. The molecule has 0 saturated carbocycles. The highest BCUT2D eigenvalue weighted by Gasteiger charge is 2.46. The maximum Gasteiger partial charge on any atom is 0.327 e. The van der Waals surface area contributed by atoms with Crippen LogP contribution in [0.4, 0.5) is 10.5 Å². The SMILES string of the molecule is Cc1cc(I)ccc1NC(=O)CN1C(=O)[C@H]2CCCCN2C1=O. The Morgan fingerprint density at radius 3 is 2.83 bits per heavy atom. The van der Waals surface area contributed by atoms with Crippen LogP contribution in [0.25, 0.3) is 0 Å². The average Bonchev–Trinajstić information content (AvgIpc) is 2.76. The fraction of sp³-hybridized carbons (Fsp3) is 0.438. The summed E-state index contributed by atoms with van der Waals surface area (Å²) in [6, 6.07) is 4.97. The van der Waals surface area contributed by atoms with Gasteiger partial charge in [-0.1, -0.05) is 0 Å². The largest absolute Gasteiger partial charge is 0.327 e. The van der Waals surface area contributed by atoms with E-state index >= 15 is 0 Å². The summed E-state index contributed by atoms with van der Waals surface area (Å²) in [6.45, 7) is 2.28. The molecule has 2 saturated heterocycles. The second kappa shape index (κ2) is 6.46. The minimum Gasteiger partial charge on any atom is -0.324 e. The molecule has 3 rings (SSSR count). The molecular formula is C16H18IN3O3. The van der Waals surface area contributed by atoms with Crippen molar-refractivity contribution >= 4 is 46.1 Å². The highest BCUT2D eigenvalue weighted by Crippen LogP contribution is 2.26. The van der Waals surface area contributed by atoms with E-state index < -0.39 is 0 Å². The highest BCUT2D eigenvalue weighted by atomic mass is 127. The van der Waals surface area contributed by atoms with Crippen LogP contribution in [-0.2, 0) is 9.59 Å². The summed E-state index contributed by atoms with van der Waals surface area (Å²) in [5.41, 5.74) is 1.65. The summed E-state index contributed by atoms with van der Waals surface area (Å²) in [4.78, 5) is 39.5. The number of halogens is 1. The Labute approximate surface area is 148 Å². The highest BCUT2D eigenvalue weighted by molar-refractivity contribution is 14.1. The van der Waals surface area contributed by atoms with Crippen LogP contribution < -0.4 is 5.32 Å². The summed E-state index contributed by atoms with van der Waals surface area (Å²) in [7, 11) is 0. The Bertz CT molecular complexity index is 653. The van der Waals surface area contributed by atoms with Crippen molar-refractivity contribution in [3.8, 4) is 0 Å². The predicted octanol–water partition coefficient (Wildman–Crippen LogP) is 2.35. The predicted molar refractivity (Wildman–Crippen MR) is 94.0 cm³/mol. The molecule has 2 aliphatic rings. The number of rotatable bonds is 3. The minimum absolute atomic E-state index is 0.226. The minimum atomic E-state index is -0.371. The standard InChI is InChI=1S/C16H18IN3O3/c1-10-8-11(17)5-6-12(10)18-14(21)9-20-15(22)13-4-2-3-7-19(13)16(20)23/h5-6,8,13H,2-4,7,9H2,1H3,(H,18,21)/t13-/m1/s1. The lowest BCUT2D eigenvalue weighted by atomic mass is 10.0. The lowest BCUT2D eigenvalue weighted by Crippen LogP contribution is -2.39. The number of hydrogen-bond donors (Lipinski definition) is 1. The van der Waals surface area contributed by atoms with E-state index in [0.717, 1.165) is 26.9 Å². The first kappa shape index (κ1) is 16.2. The van der Waals surface area contributed by atoms with Crippen LogP contribution in [-0.4, -0.2) is 46.8 Å². The molecule has 0 radical (unpaired) electrons. The fourth-order valence-electron chi connectivity index (χ4n) is 3.09. The third-order valence-electron chi connectivity index (χ3n) is 4.29. The van der Waals surface area contributed by atoms with E-state index in [1.165, 1.54) is 0 Å². The van der Waals surface area contributed by atoms with Gasteiger partial charge in [0.25, 0.3) is 5.91 Å². The molecule has 1 aromatic rings. The Kier molecular flexibility index (Phi) is 4.56. The van der Waals surface area contributed by atoms with Gasteiger partial charge in [-0.25, -0.2) is 4.79 Å². The molecule has 2 fully saturated rings. The van der Waals surface area contributed by atoms with E-state index in [4.69, 9.17) is 0 Å². The Hall–Kier alpha value is -1.64. The van der Waals surface area contributed by atoms with Crippen LogP contribution in [0, 0.1) is 10.5 Å². The second-order valence-electron chi connectivity index (χ2n) is 5.92. The zero-order valence-electron chi connectivity index (χ0n) is 12.8. The van der Waals surface area contributed by atoms with Crippen molar-refractivity contribution in [1.82, 2.24) is 9.80 Å². The van der Waals surface area contributed by atoms with E-state index in [1.807, 2.05) is 25.1 Å². The van der Waals surface area contributed by atoms with Crippen molar-refractivity contribution < 1.29 is 14.4 Å². The van der Waals surface area contributed by atoms with E-state index in [1.54, 1.807) is 4.90 Å². The molecule has 7 heteroatoms. The van der Waals surface area contributed by atoms with Gasteiger partial charge in [-0.15, -0.1) is 0 Å². The molecule has 4 amide bonds. The van der Waals surface area contributed by atoms with Gasteiger partial charge in [0.05, 0.1) is 0 Å². The summed E-state index contributed by atoms with van der Waals surface area (Å²) < 4.78 is 1.08. The maximum absolute atomic E-state index is 12.3. The number of hydrogen-bond acceptors (Lipinski definition) is 3. The topological polar surface area (TPSA) is 69.7 Å². The lowest BCUT2D eigenvalue weighted by Gasteiger charge is -2.26. The van der Waals surface area contributed by atoms with Gasteiger partial charge in [0.15, 0.2) is 0 Å². The lowest BCUT2D eigenvalue weighted by molar-refractivity contribution is -0.131. The molecule has 0 spiro atoms. The Balaban J connectivity index is 1.68. The number of fused-ring (bicyclic) bond motifs is 1. The van der Waals surface area contributed by atoms with Crippen molar-refractivity contribution in [2.24, 2.45) is 0 Å². The van der Waals surface area contributed by atoms with Crippen molar-refractivity contribution in [3.63, 3.8) is 0 Å². The summed E-state index contributed by atoms with van der Waals surface area (Å²) >= 11 is 2.20. The van der Waals surface area contributed by atoms with E-state index in [0.29, 0.717) is 18.7 Å². The van der Waals surface area contributed by atoms with E-state index in [-0.39, 0.29) is 30.4 Å². The van der Waals surface area contributed by atoms with Crippen molar-refractivity contribution in [2.45, 2.75) is 32.2 Å². The number of carbonyl (C=O) groups is 3. The monoisotopic (exact) mass is 427 g/mol. The molecule has 1 aromatic carbocycles. The number of carbonyl (C=O) groups excluding carboxylic acids is 3. The van der Waals surface area contributed by atoms with Crippen LogP contribution in [0.5, 0.6) is 0 Å². The summed E-state index contributed by atoms with van der Waals surface area (Å²) in [5, 5.41) is 2.78. The van der Waals surface area contributed by atoms with Gasteiger partial charge in [-0.2, -0.15) is 0 Å². The summed E-state index contributed by atoms with van der Waals surface area (Å²) in [5.74, 6) is -0.597. The van der Waals surface area contributed by atoms with Crippen molar-refractivity contribution in [2.75, 3.05) is 18.4 Å². The fourth-order valence-corrected chi connectivity index (χ4v) is 3.74. The molecule has 6 nitrogen and oxygen atoms in total. The number of nitrogens with zero attached hydrogens (tertiary/aromatic N) is 2. The molecule has 0 unspecified atom stereocenters. The van der Waals surface area contributed by atoms with Gasteiger partial charge in [0, 0.05) is 15.8 Å². The molecule has 23 heavy (non-hydrogen) atoms.